The monoisotopic (exact) mass is 370 g/mol. The molecule has 0 heterocycles. The third-order valence-electron chi connectivity index (χ3n) is 2.72. The number of nitrogens with one attached hydrogen (secondary N) is 1. The molecule has 2 aromatic carbocycles. The molecule has 0 radical (unpaired) electrons. The molecule has 2 rings (SSSR count). The highest BCUT2D eigenvalue weighted by Crippen LogP contribution is 2.29. The van der Waals surface area contributed by atoms with E-state index in [2.05, 4.69) is 20.7 Å². The highest BCUT2D eigenvalue weighted by molar-refractivity contribution is 9.10. The molecular weight excluding hydrogens is 360 g/mol. The Hall–Kier alpha value is -1.93. The maximum Gasteiger partial charge on any atom is 0.293 e. The van der Waals surface area contributed by atoms with Crippen molar-refractivity contribution in [2.45, 2.75) is 11.8 Å². The van der Waals surface area contributed by atoms with Crippen molar-refractivity contribution in [3.8, 4) is 0 Å². The number of sulfonamides is 1. The first-order valence-electron chi connectivity index (χ1n) is 5.83. The summed E-state index contributed by atoms with van der Waals surface area (Å²) < 4.78 is 27.3. The lowest BCUT2D eigenvalue weighted by molar-refractivity contribution is -0.383. The molecule has 0 amide bonds. The molecule has 0 aliphatic heterocycles. The first-order valence-corrected chi connectivity index (χ1v) is 8.11. The Morgan fingerprint density at radius 1 is 1.19 bits per heavy atom. The summed E-state index contributed by atoms with van der Waals surface area (Å²) in [6, 6.07) is 10.5. The van der Waals surface area contributed by atoms with E-state index in [9.17, 15) is 18.5 Å². The van der Waals surface area contributed by atoms with Crippen molar-refractivity contribution in [3.05, 3.63) is 62.6 Å². The molecule has 0 spiro atoms. The van der Waals surface area contributed by atoms with Gasteiger partial charge in [-0.05, 0) is 46.6 Å². The van der Waals surface area contributed by atoms with E-state index in [1.165, 1.54) is 18.2 Å². The quantitative estimate of drug-likeness (QED) is 0.658. The van der Waals surface area contributed by atoms with Crippen LogP contribution in [0.15, 0.2) is 51.8 Å². The molecule has 0 aromatic heterocycles. The number of nitrogens with zero attached hydrogens (tertiary/aromatic N) is 1. The van der Waals surface area contributed by atoms with Gasteiger partial charge in [0.05, 0.1) is 4.92 Å². The van der Waals surface area contributed by atoms with Crippen molar-refractivity contribution >= 4 is 37.3 Å². The third-order valence-corrected chi connectivity index (χ3v) is 5.10. The first-order chi connectivity index (χ1) is 9.81. The molecule has 0 aliphatic carbocycles. The smallest absolute Gasteiger partial charge is 0.273 e. The minimum absolute atomic E-state index is 0.0138. The van der Waals surface area contributed by atoms with Crippen LogP contribution in [-0.4, -0.2) is 13.3 Å². The number of anilines is 1. The first kappa shape index (κ1) is 15.5. The predicted molar refractivity (Wildman–Crippen MR) is 82.8 cm³/mol. The topological polar surface area (TPSA) is 89.3 Å². The van der Waals surface area contributed by atoms with Gasteiger partial charge < -0.3 is 0 Å². The zero-order valence-corrected chi connectivity index (χ0v) is 13.3. The summed E-state index contributed by atoms with van der Waals surface area (Å²) in [5, 5.41) is 11.0. The lowest BCUT2D eigenvalue weighted by Gasteiger charge is -2.10. The number of benzene rings is 2. The minimum atomic E-state index is -3.91. The van der Waals surface area contributed by atoms with E-state index in [1.54, 1.807) is 31.2 Å². The van der Waals surface area contributed by atoms with Gasteiger partial charge in [0.25, 0.3) is 15.7 Å². The lowest BCUT2D eigenvalue weighted by atomic mass is 10.2. The van der Waals surface area contributed by atoms with E-state index in [-0.39, 0.29) is 16.3 Å². The summed E-state index contributed by atoms with van der Waals surface area (Å²) in [6.45, 7) is 1.69. The molecular formula is C13H11BrN2O4S. The Labute approximate surface area is 130 Å². The Morgan fingerprint density at radius 3 is 2.48 bits per heavy atom. The van der Waals surface area contributed by atoms with Crippen molar-refractivity contribution in [1.82, 2.24) is 0 Å². The average Bonchev–Trinajstić information content (AvgIpc) is 2.40. The summed E-state index contributed by atoms with van der Waals surface area (Å²) in [4.78, 5) is 10.4. The Kier molecular flexibility index (Phi) is 4.29. The minimum Gasteiger partial charge on any atom is -0.273 e. The van der Waals surface area contributed by atoms with Crippen molar-refractivity contribution in [2.24, 2.45) is 0 Å². The molecule has 0 unspecified atom stereocenters. The highest BCUT2D eigenvalue weighted by Gasteiger charge is 2.22. The molecule has 0 saturated carbocycles. The number of hydrogen-bond donors (Lipinski definition) is 1. The van der Waals surface area contributed by atoms with Gasteiger partial charge in [0.15, 0.2) is 0 Å². The molecule has 21 heavy (non-hydrogen) atoms. The zero-order chi connectivity index (χ0) is 15.6. The number of nitro benzene ring substituents is 1. The van der Waals surface area contributed by atoms with Gasteiger partial charge in [-0.15, -0.1) is 0 Å². The number of nitro groups is 1. The number of rotatable bonds is 4. The normalized spacial score (nSPS) is 11.1. The van der Waals surface area contributed by atoms with Gasteiger partial charge in [0.2, 0.25) is 0 Å². The van der Waals surface area contributed by atoms with Gasteiger partial charge in [-0.1, -0.05) is 18.2 Å². The van der Waals surface area contributed by atoms with Crippen molar-refractivity contribution in [2.75, 3.05) is 4.72 Å². The van der Waals surface area contributed by atoms with Crippen LogP contribution in [0.25, 0.3) is 0 Å². The van der Waals surface area contributed by atoms with Crippen LogP contribution in [0.4, 0.5) is 11.4 Å². The Balaban J connectivity index is 2.47. The van der Waals surface area contributed by atoms with E-state index >= 15 is 0 Å². The van der Waals surface area contributed by atoms with E-state index in [0.717, 1.165) is 0 Å². The lowest BCUT2D eigenvalue weighted by Crippen LogP contribution is -2.14. The molecule has 6 nitrogen and oxygen atoms in total. The van der Waals surface area contributed by atoms with Crippen LogP contribution in [-0.2, 0) is 10.0 Å². The van der Waals surface area contributed by atoms with Gasteiger partial charge in [0.1, 0.15) is 10.6 Å². The second-order valence-electron chi connectivity index (χ2n) is 4.31. The standard InChI is InChI=1S/C13H11BrN2O4S/c1-9-6-7-11(12(8-9)16(17)18)15-21(19,20)13-5-3-2-4-10(13)14/h2-8,15H,1H3. The van der Waals surface area contributed by atoms with Gasteiger partial charge in [0, 0.05) is 10.5 Å². The average molecular weight is 371 g/mol. The maximum absolute atomic E-state index is 12.3. The maximum atomic E-state index is 12.3. The summed E-state index contributed by atoms with van der Waals surface area (Å²) in [5.41, 5.74) is 0.317. The largest absolute Gasteiger partial charge is 0.293 e. The van der Waals surface area contributed by atoms with Crippen LogP contribution in [0.1, 0.15) is 5.56 Å². The van der Waals surface area contributed by atoms with E-state index < -0.39 is 14.9 Å². The molecule has 0 saturated heterocycles. The molecule has 0 fully saturated rings. The molecule has 110 valence electrons. The molecule has 0 aliphatic rings. The van der Waals surface area contributed by atoms with Gasteiger partial charge >= 0.3 is 0 Å². The highest BCUT2D eigenvalue weighted by atomic mass is 79.9. The molecule has 8 heteroatoms. The summed E-state index contributed by atoms with van der Waals surface area (Å²) in [6.07, 6.45) is 0. The van der Waals surface area contributed by atoms with Crippen LogP contribution in [0.5, 0.6) is 0 Å². The summed E-state index contributed by atoms with van der Waals surface area (Å²) >= 11 is 3.15. The molecule has 1 N–H and O–H groups in total. The van der Waals surface area contributed by atoms with Gasteiger partial charge in [-0.2, -0.15) is 0 Å². The summed E-state index contributed by atoms with van der Waals surface area (Å²) in [7, 11) is -3.91. The van der Waals surface area contributed by atoms with E-state index in [4.69, 9.17) is 0 Å². The second kappa shape index (κ2) is 5.82. The SMILES string of the molecule is Cc1ccc(NS(=O)(=O)c2ccccc2Br)c([N+](=O)[O-])c1. The van der Waals surface area contributed by atoms with E-state index in [0.29, 0.717) is 10.0 Å². The fraction of sp³-hybridized carbons (Fsp3) is 0.0769. The molecule has 2 aromatic rings. The van der Waals surface area contributed by atoms with Crippen molar-refractivity contribution < 1.29 is 13.3 Å². The molecule has 0 bridgehead atoms. The fourth-order valence-electron chi connectivity index (χ4n) is 1.74. The van der Waals surface area contributed by atoms with E-state index in [1.807, 2.05) is 0 Å². The molecule has 0 atom stereocenters. The third kappa shape index (κ3) is 3.40. The van der Waals surface area contributed by atoms with Crippen LogP contribution < -0.4 is 4.72 Å². The number of aryl methyl sites for hydroxylation is 1. The second-order valence-corrected chi connectivity index (χ2v) is 6.82. The number of halogens is 1. The van der Waals surface area contributed by atoms with Crippen molar-refractivity contribution in [1.29, 1.82) is 0 Å². The van der Waals surface area contributed by atoms with Crippen molar-refractivity contribution in [3.63, 3.8) is 0 Å². The Morgan fingerprint density at radius 2 is 1.86 bits per heavy atom. The van der Waals surface area contributed by atoms with Crippen LogP contribution in [0, 0.1) is 17.0 Å². The fourth-order valence-corrected chi connectivity index (χ4v) is 3.82. The predicted octanol–water partition coefficient (Wildman–Crippen LogP) is 3.47. The van der Waals surface area contributed by atoms with Crippen LogP contribution in [0.3, 0.4) is 0 Å². The Bertz CT molecular complexity index is 806. The zero-order valence-electron chi connectivity index (χ0n) is 10.9. The summed E-state index contributed by atoms with van der Waals surface area (Å²) in [5.74, 6) is 0. The van der Waals surface area contributed by atoms with Crippen LogP contribution >= 0.6 is 15.9 Å². The van der Waals surface area contributed by atoms with Gasteiger partial charge in [-0.25, -0.2) is 8.42 Å². The number of hydrogen-bond acceptors (Lipinski definition) is 4. The van der Waals surface area contributed by atoms with Crippen LogP contribution in [0.2, 0.25) is 0 Å². The van der Waals surface area contributed by atoms with Gasteiger partial charge in [-0.3, -0.25) is 14.8 Å².